The number of amides is 1. The summed E-state index contributed by atoms with van der Waals surface area (Å²) in [6, 6.07) is 21.2. The highest BCUT2D eigenvalue weighted by molar-refractivity contribution is 6.37. The number of nitrogens with zero attached hydrogens (tertiary/aromatic N) is 1. The van der Waals surface area contributed by atoms with Crippen molar-refractivity contribution in [3.63, 3.8) is 0 Å². The first kappa shape index (κ1) is 21.7. The van der Waals surface area contributed by atoms with Gasteiger partial charge in [0.15, 0.2) is 5.75 Å². The molecule has 0 aliphatic carbocycles. The van der Waals surface area contributed by atoms with E-state index in [0.29, 0.717) is 28.6 Å². The summed E-state index contributed by atoms with van der Waals surface area (Å²) < 4.78 is 5.74. The maximum absolute atomic E-state index is 12.4. The lowest BCUT2D eigenvalue weighted by Gasteiger charge is -2.11. The van der Waals surface area contributed by atoms with Gasteiger partial charge in [0.1, 0.15) is 18.2 Å². The van der Waals surface area contributed by atoms with Crippen LogP contribution in [0.3, 0.4) is 0 Å². The molecular weight excluding hydrogens is 443 g/mol. The van der Waals surface area contributed by atoms with Crippen LogP contribution in [0.2, 0.25) is 15.1 Å². The number of hydrogen-bond donors (Lipinski definition) is 1. The van der Waals surface area contributed by atoms with Gasteiger partial charge in [0, 0.05) is 10.7 Å². The molecule has 0 aliphatic rings. The molecule has 3 rings (SSSR count). The van der Waals surface area contributed by atoms with Crippen LogP contribution in [0.1, 0.15) is 11.1 Å². The Hall–Kier alpha value is -2.97. The monoisotopic (exact) mass is 456 g/mol. The summed E-state index contributed by atoms with van der Waals surface area (Å²) in [6.07, 6.45) is 1.41. The van der Waals surface area contributed by atoms with Gasteiger partial charge in [-0.05, 0) is 53.6 Å². The van der Waals surface area contributed by atoms with E-state index in [1.165, 1.54) is 6.08 Å². The Kier molecular flexibility index (Phi) is 7.37. The lowest BCUT2D eigenvalue weighted by atomic mass is 10.1. The molecular formula is C23H15Cl3N2O2. The normalized spacial score (nSPS) is 10.9. The van der Waals surface area contributed by atoms with Gasteiger partial charge in [-0.15, -0.1) is 0 Å². The van der Waals surface area contributed by atoms with Gasteiger partial charge < -0.3 is 10.1 Å². The van der Waals surface area contributed by atoms with Crippen molar-refractivity contribution in [2.45, 2.75) is 6.61 Å². The number of hydrogen-bond acceptors (Lipinski definition) is 3. The average molecular weight is 458 g/mol. The number of carbonyl (C=O) groups excluding carboxylic acids is 1. The standard InChI is InChI=1S/C23H15Cl3N2O2/c24-18-6-8-19(9-7-18)28-23(29)17(13-27)10-16-11-20(25)22(21(26)12-16)30-14-15-4-2-1-3-5-15/h1-12H,14H2,(H,28,29)/b17-10-. The Bertz CT molecular complexity index is 1100. The van der Waals surface area contributed by atoms with Crippen LogP contribution >= 0.6 is 34.8 Å². The topological polar surface area (TPSA) is 62.1 Å². The molecule has 30 heavy (non-hydrogen) atoms. The van der Waals surface area contributed by atoms with Crippen LogP contribution in [-0.4, -0.2) is 5.91 Å². The average Bonchev–Trinajstić information content (AvgIpc) is 2.73. The molecule has 1 amide bonds. The predicted molar refractivity (Wildman–Crippen MR) is 121 cm³/mol. The van der Waals surface area contributed by atoms with Crippen LogP contribution in [-0.2, 0) is 11.4 Å². The minimum Gasteiger partial charge on any atom is -0.486 e. The van der Waals surface area contributed by atoms with Crippen molar-refractivity contribution in [1.29, 1.82) is 5.26 Å². The summed E-state index contributed by atoms with van der Waals surface area (Å²) in [5.41, 5.74) is 1.89. The minimum absolute atomic E-state index is 0.102. The molecule has 0 saturated carbocycles. The molecule has 0 aliphatic heterocycles. The van der Waals surface area contributed by atoms with E-state index in [1.807, 2.05) is 36.4 Å². The van der Waals surface area contributed by atoms with Crippen molar-refractivity contribution in [3.8, 4) is 11.8 Å². The molecule has 7 heteroatoms. The summed E-state index contributed by atoms with van der Waals surface area (Å²) in [5, 5.41) is 13.1. The minimum atomic E-state index is -0.559. The molecule has 0 unspecified atom stereocenters. The largest absolute Gasteiger partial charge is 0.486 e. The van der Waals surface area contributed by atoms with Crippen LogP contribution in [0.15, 0.2) is 72.3 Å². The van der Waals surface area contributed by atoms with Crippen molar-refractivity contribution < 1.29 is 9.53 Å². The van der Waals surface area contributed by atoms with Crippen LogP contribution in [0.4, 0.5) is 5.69 Å². The third kappa shape index (κ3) is 5.77. The second-order valence-electron chi connectivity index (χ2n) is 6.22. The third-order valence-electron chi connectivity index (χ3n) is 4.02. The van der Waals surface area contributed by atoms with Crippen molar-refractivity contribution in [3.05, 3.63) is 98.5 Å². The number of anilines is 1. The van der Waals surface area contributed by atoms with Crippen molar-refractivity contribution in [1.82, 2.24) is 0 Å². The van der Waals surface area contributed by atoms with E-state index < -0.39 is 5.91 Å². The first-order chi connectivity index (χ1) is 14.5. The second-order valence-corrected chi connectivity index (χ2v) is 7.47. The van der Waals surface area contributed by atoms with Gasteiger partial charge in [-0.3, -0.25) is 4.79 Å². The molecule has 1 N–H and O–H groups in total. The van der Waals surface area contributed by atoms with Gasteiger partial charge in [-0.25, -0.2) is 0 Å². The summed E-state index contributed by atoms with van der Waals surface area (Å²) in [6.45, 7) is 0.308. The molecule has 0 spiro atoms. The highest BCUT2D eigenvalue weighted by atomic mass is 35.5. The Morgan fingerprint density at radius 3 is 2.23 bits per heavy atom. The molecule has 0 saturated heterocycles. The molecule has 0 fully saturated rings. The highest BCUT2D eigenvalue weighted by Gasteiger charge is 2.13. The molecule has 3 aromatic rings. The molecule has 0 aromatic heterocycles. The number of benzene rings is 3. The van der Waals surface area contributed by atoms with Gasteiger partial charge in [-0.2, -0.15) is 5.26 Å². The summed E-state index contributed by atoms with van der Waals surface area (Å²) in [4.78, 5) is 12.4. The van der Waals surface area contributed by atoms with Gasteiger partial charge in [-0.1, -0.05) is 65.1 Å². The number of nitriles is 1. The summed E-state index contributed by atoms with van der Waals surface area (Å²) in [5.74, 6) is -0.222. The zero-order chi connectivity index (χ0) is 21.5. The van der Waals surface area contributed by atoms with Crippen molar-refractivity contribution in [2.24, 2.45) is 0 Å². The van der Waals surface area contributed by atoms with Gasteiger partial charge in [0.05, 0.1) is 10.0 Å². The molecule has 0 atom stereocenters. The fourth-order valence-electron chi connectivity index (χ4n) is 2.58. The molecule has 0 radical (unpaired) electrons. The molecule has 0 bridgehead atoms. The van der Waals surface area contributed by atoms with Gasteiger partial charge in [0.25, 0.3) is 5.91 Å². The quantitative estimate of drug-likeness (QED) is 0.328. The first-order valence-electron chi connectivity index (χ1n) is 8.81. The van der Waals surface area contributed by atoms with E-state index >= 15 is 0 Å². The SMILES string of the molecule is N#C/C(=C/c1cc(Cl)c(OCc2ccccc2)c(Cl)c1)C(=O)Nc1ccc(Cl)cc1. The van der Waals surface area contributed by atoms with Crippen molar-refractivity contribution in [2.75, 3.05) is 5.32 Å². The third-order valence-corrected chi connectivity index (χ3v) is 4.84. The van der Waals surface area contributed by atoms with Crippen LogP contribution < -0.4 is 10.1 Å². The van der Waals surface area contributed by atoms with E-state index in [-0.39, 0.29) is 15.6 Å². The fraction of sp³-hybridized carbons (Fsp3) is 0.0435. The lowest BCUT2D eigenvalue weighted by molar-refractivity contribution is -0.112. The Labute approximate surface area is 189 Å². The summed E-state index contributed by atoms with van der Waals surface area (Å²) in [7, 11) is 0. The fourth-order valence-corrected chi connectivity index (χ4v) is 3.32. The Morgan fingerprint density at radius 2 is 1.63 bits per heavy atom. The number of nitrogens with one attached hydrogen (secondary N) is 1. The van der Waals surface area contributed by atoms with E-state index in [2.05, 4.69) is 5.32 Å². The molecule has 4 nitrogen and oxygen atoms in total. The zero-order valence-corrected chi connectivity index (χ0v) is 17.8. The number of rotatable bonds is 6. The molecule has 150 valence electrons. The second kappa shape index (κ2) is 10.2. The smallest absolute Gasteiger partial charge is 0.266 e. The Morgan fingerprint density at radius 1 is 1.00 bits per heavy atom. The summed E-state index contributed by atoms with van der Waals surface area (Å²) >= 11 is 18.5. The predicted octanol–water partition coefficient (Wildman–Crippen LogP) is 6.77. The van der Waals surface area contributed by atoms with E-state index in [0.717, 1.165) is 5.56 Å². The number of carbonyl (C=O) groups is 1. The highest BCUT2D eigenvalue weighted by Crippen LogP contribution is 2.35. The first-order valence-corrected chi connectivity index (χ1v) is 9.94. The van der Waals surface area contributed by atoms with E-state index in [9.17, 15) is 10.1 Å². The van der Waals surface area contributed by atoms with Crippen LogP contribution in [0.5, 0.6) is 5.75 Å². The Balaban J connectivity index is 1.76. The number of ether oxygens (including phenoxy) is 1. The van der Waals surface area contributed by atoms with E-state index in [4.69, 9.17) is 39.5 Å². The van der Waals surface area contributed by atoms with Gasteiger partial charge in [0.2, 0.25) is 0 Å². The van der Waals surface area contributed by atoms with Gasteiger partial charge >= 0.3 is 0 Å². The maximum atomic E-state index is 12.4. The number of halogens is 3. The lowest BCUT2D eigenvalue weighted by Crippen LogP contribution is -2.13. The molecule has 0 heterocycles. The van der Waals surface area contributed by atoms with Crippen LogP contribution in [0.25, 0.3) is 6.08 Å². The zero-order valence-electron chi connectivity index (χ0n) is 15.5. The maximum Gasteiger partial charge on any atom is 0.266 e. The van der Waals surface area contributed by atoms with E-state index in [1.54, 1.807) is 36.4 Å². The van der Waals surface area contributed by atoms with Crippen LogP contribution in [0, 0.1) is 11.3 Å². The van der Waals surface area contributed by atoms with Crippen molar-refractivity contribution >= 4 is 52.5 Å². The molecule has 3 aromatic carbocycles.